The lowest BCUT2D eigenvalue weighted by atomic mass is 10.1. The van der Waals surface area contributed by atoms with Gasteiger partial charge in [-0.15, -0.1) is 0 Å². The van der Waals surface area contributed by atoms with Gasteiger partial charge in [-0.2, -0.15) is 0 Å². The van der Waals surface area contributed by atoms with Crippen molar-refractivity contribution in [1.29, 1.82) is 0 Å². The molecule has 1 aromatic carbocycles. The van der Waals surface area contributed by atoms with Crippen molar-refractivity contribution < 1.29 is 4.39 Å². The first kappa shape index (κ1) is 12.1. The molecule has 1 aromatic heterocycles. The van der Waals surface area contributed by atoms with Crippen molar-refractivity contribution in [2.45, 2.75) is 19.5 Å². The number of nitrogens with zero attached hydrogens (tertiary/aromatic N) is 2. The van der Waals surface area contributed by atoms with Crippen molar-refractivity contribution in [3.63, 3.8) is 0 Å². The normalized spacial score (nSPS) is 12.7. The van der Waals surface area contributed by atoms with Crippen LogP contribution < -0.4 is 5.73 Å². The van der Waals surface area contributed by atoms with E-state index in [4.69, 9.17) is 17.3 Å². The summed E-state index contributed by atoms with van der Waals surface area (Å²) in [4.78, 5) is 4.16. The van der Waals surface area contributed by atoms with Gasteiger partial charge in [0.2, 0.25) is 0 Å². The Bertz CT molecular complexity index is 524. The second-order valence-electron chi connectivity index (χ2n) is 3.71. The molecule has 0 saturated carbocycles. The van der Waals surface area contributed by atoms with Crippen molar-refractivity contribution in [2.24, 2.45) is 5.73 Å². The third-order valence-corrected chi connectivity index (χ3v) is 2.89. The summed E-state index contributed by atoms with van der Waals surface area (Å²) in [6, 6.07) is 3.75. The number of benzene rings is 1. The Hall–Kier alpha value is -1.39. The van der Waals surface area contributed by atoms with Gasteiger partial charge in [-0.05, 0) is 25.1 Å². The fourth-order valence-electron chi connectivity index (χ4n) is 1.76. The molecule has 0 aliphatic rings. The van der Waals surface area contributed by atoms with Gasteiger partial charge in [0, 0.05) is 29.5 Å². The van der Waals surface area contributed by atoms with Gasteiger partial charge < -0.3 is 10.3 Å². The van der Waals surface area contributed by atoms with Crippen molar-refractivity contribution in [3.8, 4) is 0 Å². The Balaban J connectivity index is 2.43. The molecule has 0 amide bonds. The van der Waals surface area contributed by atoms with E-state index >= 15 is 0 Å². The topological polar surface area (TPSA) is 43.8 Å². The summed E-state index contributed by atoms with van der Waals surface area (Å²) in [5.41, 5.74) is 6.38. The Labute approximate surface area is 104 Å². The van der Waals surface area contributed by atoms with Crippen LogP contribution in [0.5, 0.6) is 0 Å². The summed E-state index contributed by atoms with van der Waals surface area (Å²) < 4.78 is 15.6. The van der Waals surface area contributed by atoms with Crippen molar-refractivity contribution in [3.05, 3.63) is 52.8 Å². The van der Waals surface area contributed by atoms with E-state index in [1.165, 1.54) is 18.2 Å². The van der Waals surface area contributed by atoms with Crippen LogP contribution in [0.15, 0.2) is 30.6 Å². The van der Waals surface area contributed by atoms with Crippen LogP contribution in [0.4, 0.5) is 4.39 Å². The minimum Gasteiger partial charge on any atom is -0.334 e. The minimum atomic E-state index is -0.608. The molecule has 17 heavy (non-hydrogen) atoms. The van der Waals surface area contributed by atoms with Gasteiger partial charge in [-0.3, -0.25) is 0 Å². The van der Waals surface area contributed by atoms with Gasteiger partial charge in [-0.1, -0.05) is 11.6 Å². The lowest BCUT2D eigenvalue weighted by molar-refractivity contribution is 0.581. The molecule has 0 aliphatic carbocycles. The third-order valence-electron chi connectivity index (χ3n) is 2.66. The van der Waals surface area contributed by atoms with Gasteiger partial charge in [0.1, 0.15) is 11.6 Å². The van der Waals surface area contributed by atoms with Gasteiger partial charge in [0.05, 0.1) is 6.04 Å². The number of aryl methyl sites for hydroxylation is 1. The van der Waals surface area contributed by atoms with Gasteiger partial charge in [-0.25, -0.2) is 9.37 Å². The molecule has 1 heterocycles. The summed E-state index contributed by atoms with van der Waals surface area (Å²) in [6.45, 7) is 2.72. The Morgan fingerprint density at radius 3 is 3.00 bits per heavy atom. The highest BCUT2D eigenvalue weighted by Crippen LogP contribution is 2.24. The molecule has 1 unspecified atom stereocenters. The number of rotatable bonds is 3. The highest BCUT2D eigenvalue weighted by molar-refractivity contribution is 6.30. The van der Waals surface area contributed by atoms with Crippen LogP contribution in [0.25, 0.3) is 0 Å². The third kappa shape index (κ3) is 2.33. The quantitative estimate of drug-likeness (QED) is 0.914. The smallest absolute Gasteiger partial charge is 0.130 e. The highest BCUT2D eigenvalue weighted by Gasteiger charge is 2.18. The van der Waals surface area contributed by atoms with Crippen LogP contribution in [0, 0.1) is 5.82 Å². The van der Waals surface area contributed by atoms with Crippen molar-refractivity contribution in [1.82, 2.24) is 9.55 Å². The summed E-state index contributed by atoms with van der Waals surface area (Å²) >= 11 is 5.85. The summed E-state index contributed by atoms with van der Waals surface area (Å²) in [6.07, 6.45) is 3.47. The molecule has 2 rings (SSSR count). The van der Waals surface area contributed by atoms with Crippen LogP contribution in [-0.4, -0.2) is 9.55 Å². The largest absolute Gasteiger partial charge is 0.334 e. The minimum absolute atomic E-state index is 0.360. The van der Waals surface area contributed by atoms with E-state index in [0.29, 0.717) is 16.4 Å². The van der Waals surface area contributed by atoms with E-state index in [0.717, 1.165) is 6.54 Å². The average molecular weight is 254 g/mol. The lowest BCUT2D eigenvalue weighted by Crippen LogP contribution is -2.18. The Morgan fingerprint density at radius 2 is 2.29 bits per heavy atom. The van der Waals surface area contributed by atoms with E-state index in [2.05, 4.69) is 4.98 Å². The number of imidazole rings is 1. The predicted molar refractivity (Wildman–Crippen MR) is 65.3 cm³/mol. The molecule has 1 atom stereocenters. The number of hydrogen-bond donors (Lipinski definition) is 1. The standard InChI is InChI=1S/C12H13ClFN3/c1-2-17-6-5-16-12(17)11(15)9-7-8(13)3-4-10(9)14/h3-7,11H,2,15H2,1H3. The first-order valence-corrected chi connectivity index (χ1v) is 5.72. The van der Waals surface area contributed by atoms with Crippen LogP contribution in [0.2, 0.25) is 5.02 Å². The molecular formula is C12H13ClFN3. The van der Waals surface area contributed by atoms with Crippen LogP contribution in [-0.2, 0) is 6.54 Å². The first-order valence-electron chi connectivity index (χ1n) is 5.35. The maximum Gasteiger partial charge on any atom is 0.130 e. The number of nitrogens with two attached hydrogens (primary N) is 1. The molecule has 0 bridgehead atoms. The molecule has 0 saturated heterocycles. The second kappa shape index (κ2) is 4.85. The molecular weight excluding hydrogens is 241 g/mol. The second-order valence-corrected chi connectivity index (χ2v) is 4.15. The van der Waals surface area contributed by atoms with E-state index in [-0.39, 0.29) is 5.82 Å². The Morgan fingerprint density at radius 1 is 1.53 bits per heavy atom. The SMILES string of the molecule is CCn1ccnc1C(N)c1cc(Cl)ccc1F. The van der Waals surface area contributed by atoms with Gasteiger partial charge in [0.25, 0.3) is 0 Å². The zero-order valence-electron chi connectivity index (χ0n) is 9.40. The average Bonchev–Trinajstić information content (AvgIpc) is 2.79. The molecule has 5 heteroatoms. The zero-order valence-corrected chi connectivity index (χ0v) is 10.2. The summed E-state index contributed by atoms with van der Waals surface area (Å²) in [5, 5.41) is 0.464. The molecule has 0 spiro atoms. The first-order chi connectivity index (χ1) is 8.13. The van der Waals surface area contributed by atoms with E-state index in [9.17, 15) is 4.39 Å². The zero-order chi connectivity index (χ0) is 12.4. The molecule has 3 nitrogen and oxygen atoms in total. The molecule has 90 valence electrons. The summed E-state index contributed by atoms with van der Waals surface area (Å²) in [7, 11) is 0. The number of halogens is 2. The monoisotopic (exact) mass is 253 g/mol. The van der Waals surface area contributed by atoms with Crippen LogP contribution in [0.3, 0.4) is 0 Å². The maximum absolute atomic E-state index is 13.7. The Kier molecular flexibility index (Phi) is 3.45. The molecule has 2 aromatic rings. The van der Waals surface area contributed by atoms with Gasteiger partial charge in [0.15, 0.2) is 0 Å². The maximum atomic E-state index is 13.7. The van der Waals surface area contributed by atoms with Crippen LogP contribution in [0.1, 0.15) is 24.4 Å². The highest BCUT2D eigenvalue weighted by atomic mass is 35.5. The van der Waals surface area contributed by atoms with Crippen LogP contribution >= 0.6 is 11.6 Å². The predicted octanol–water partition coefficient (Wildman–Crippen LogP) is 2.74. The lowest BCUT2D eigenvalue weighted by Gasteiger charge is -2.14. The van der Waals surface area contributed by atoms with Crippen molar-refractivity contribution >= 4 is 11.6 Å². The van der Waals surface area contributed by atoms with E-state index < -0.39 is 6.04 Å². The fourth-order valence-corrected chi connectivity index (χ4v) is 1.94. The van der Waals surface area contributed by atoms with Crippen molar-refractivity contribution in [2.75, 3.05) is 0 Å². The fraction of sp³-hybridized carbons (Fsp3) is 0.250. The molecule has 0 radical (unpaired) electrons. The number of aromatic nitrogens is 2. The summed E-state index contributed by atoms with van der Waals surface area (Å²) in [5.74, 6) is 0.265. The van der Waals surface area contributed by atoms with E-state index in [1.54, 1.807) is 6.20 Å². The molecule has 2 N–H and O–H groups in total. The molecule has 0 aliphatic heterocycles. The van der Waals surface area contributed by atoms with E-state index in [1.807, 2.05) is 17.7 Å². The number of hydrogen-bond acceptors (Lipinski definition) is 2. The molecule has 0 fully saturated rings. The van der Waals surface area contributed by atoms with Gasteiger partial charge >= 0.3 is 0 Å².